The second-order valence-electron chi connectivity index (χ2n) is 4.04. The number of rotatable bonds is 0. The van der Waals surface area contributed by atoms with Crippen LogP contribution in [0.25, 0.3) is 0 Å². The van der Waals surface area contributed by atoms with Crippen molar-refractivity contribution < 1.29 is 10.2 Å². The first-order valence-corrected chi connectivity index (χ1v) is 4.90. The maximum Gasteiger partial charge on any atom is 0.161 e. The second-order valence-corrected chi connectivity index (χ2v) is 4.04. The Morgan fingerprint density at radius 3 is 2.79 bits per heavy atom. The monoisotopic (exact) mass is 193 g/mol. The van der Waals surface area contributed by atoms with Crippen LogP contribution in [-0.2, 0) is 6.42 Å². The molecule has 0 aliphatic heterocycles. The van der Waals surface area contributed by atoms with Crippen LogP contribution in [0.1, 0.15) is 30.5 Å². The van der Waals surface area contributed by atoms with Gasteiger partial charge in [0.05, 0.1) is 0 Å². The second kappa shape index (κ2) is 3.17. The van der Waals surface area contributed by atoms with Crippen LogP contribution in [0.3, 0.4) is 0 Å². The molecule has 1 aromatic rings. The molecular formula is C11H15NO2. The minimum Gasteiger partial charge on any atom is -0.504 e. The van der Waals surface area contributed by atoms with Crippen molar-refractivity contribution in [3.05, 3.63) is 23.3 Å². The third kappa shape index (κ3) is 1.24. The lowest BCUT2D eigenvalue weighted by atomic mass is 9.81. The van der Waals surface area contributed by atoms with Gasteiger partial charge in [0, 0.05) is 11.6 Å². The summed E-state index contributed by atoms with van der Waals surface area (Å²) < 4.78 is 0. The van der Waals surface area contributed by atoms with Gasteiger partial charge in [-0.2, -0.15) is 0 Å². The average Bonchev–Trinajstić information content (AvgIpc) is 2.17. The van der Waals surface area contributed by atoms with Gasteiger partial charge in [-0.05, 0) is 30.4 Å². The number of aromatic hydroxyl groups is 2. The van der Waals surface area contributed by atoms with Gasteiger partial charge in [0.25, 0.3) is 0 Å². The van der Waals surface area contributed by atoms with Gasteiger partial charge in [0.2, 0.25) is 0 Å². The highest BCUT2D eigenvalue weighted by Gasteiger charge is 2.26. The number of fused-ring (bicyclic) bond motifs is 1. The van der Waals surface area contributed by atoms with Crippen molar-refractivity contribution in [2.24, 2.45) is 11.7 Å². The van der Waals surface area contributed by atoms with E-state index < -0.39 is 0 Å². The molecule has 2 unspecified atom stereocenters. The molecule has 2 atom stereocenters. The highest BCUT2D eigenvalue weighted by Crippen LogP contribution is 2.40. The SMILES string of the molecule is CC1CCc2c(ccc(O)c2O)C1N. The van der Waals surface area contributed by atoms with E-state index in [-0.39, 0.29) is 17.5 Å². The Kier molecular flexibility index (Phi) is 2.11. The van der Waals surface area contributed by atoms with Gasteiger partial charge < -0.3 is 15.9 Å². The number of nitrogens with two attached hydrogens (primary N) is 1. The fraction of sp³-hybridized carbons (Fsp3) is 0.455. The van der Waals surface area contributed by atoms with Gasteiger partial charge >= 0.3 is 0 Å². The molecule has 0 aromatic heterocycles. The Hall–Kier alpha value is -1.22. The maximum absolute atomic E-state index is 9.64. The number of benzene rings is 1. The van der Waals surface area contributed by atoms with Crippen LogP contribution in [0.2, 0.25) is 0 Å². The summed E-state index contributed by atoms with van der Waals surface area (Å²) in [7, 11) is 0. The summed E-state index contributed by atoms with van der Waals surface area (Å²) in [5.74, 6) is 0.391. The molecule has 1 aliphatic rings. The predicted molar refractivity (Wildman–Crippen MR) is 54.2 cm³/mol. The molecule has 1 aromatic carbocycles. The lowest BCUT2D eigenvalue weighted by Crippen LogP contribution is -2.25. The van der Waals surface area contributed by atoms with Crippen molar-refractivity contribution in [1.82, 2.24) is 0 Å². The number of phenolic OH excluding ortho intramolecular Hbond substituents is 2. The zero-order valence-corrected chi connectivity index (χ0v) is 8.20. The van der Waals surface area contributed by atoms with Gasteiger partial charge in [0.15, 0.2) is 11.5 Å². The molecule has 76 valence electrons. The number of hydrogen-bond acceptors (Lipinski definition) is 3. The van der Waals surface area contributed by atoms with Crippen LogP contribution in [0, 0.1) is 5.92 Å². The zero-order valence-electron chi connectivity index (χ0n) is 8.20. The van der Waals surface area contributed by atoms with E-state index in [1.54, 1.807) is 0 Å². The summed E-state index contributed by atoms with van der Waals surface area (Å²) in [5.41, 5.74) is 7.80. The summed E-state index contributed by atoms with van der Waals surface area (Å²) >= 11 is 0. The van der Waals surface area contributed by atoms with E-state index in [2.05, 4.69) is 6.92 Å². The first-order chi connectivity index (χ1) is 6.61. The van der Waals surface area contributed by atoms with E-state index in [0.29, 0.717) is 5.92 Å². The molecule has 2 rings (SSSR count). The van der Waals surface area contributed by atoms with E-state index in [1.807, 2.05) is 6.07 Å². The summed E-state index contributed by atoms with van der Waals surface area (Å²) in [4.78, 5) is 0. The molecule has 1 aliphatic carbocycles. The van der Waals surface area contributed by atoms with Gasteiger partial charge in [-0.25, -0.2) is 0 Å². The third-order valence-electron chi connectivity index (χ3n) is 3.12. The molecule has 0 saturated carbocycles. The first kappa shape index (κ1) is 9.34. The quantitative estimate of drug-likeness (QED) is 0.549. The molecule has 0 bridgehead atoms. The molecule has 0 saturated heterocycles. The summed E-state index contributed by atoms with van der Waals surface area (Å²) in [6.45, 7) is 2.11. The summed E-state index contributed by atoms with van der Waals surface area (Å²) in [6.07, 6.45) is 1.76. The Morgan fingerprint density at radius 2 is 2.07 bits per heavy atom. The topological polar surface area (TPSA) is 66.5 Å². The highest BCUT2D eigenvalue weighted by molar-refractivity contribution is 5.51. The number of hydrogen-bond donors (Lipinski definition) is 3. The molecule has 0 amide bonds. The van der Waals surface area contributed by atoms with Crippen LogP contribution < -0.4 is 5.73 Å². The standard InChI is InChI=1S/C11H15NO2/c1-6-2-3-8-7(10(6)12)4-5-9(13)11(8)14/h4-6,10,13-14H,2-3,12H2,1H3. The molecule has 0 radical (unpaired) electrons. The largest absolute Gasteiger partial charge is 0.504 e. The molecule has 0 fully saturated rings. The fourth-order valence-electron chi connectivity index (χ4n) is 2.07. The molecule has 4 N–H and O–H groups in total. The van der Waals surface area contributed by atoms with Crippen LogP contribution in [0.5, 0.6) is 11.5 Å². The smallest absolute Gasteiger partial charge is 0.161 e. The molecule has 0 heterocycles. The van der Waals surface area contributed by atoms with Crippen LogP contribution in [0.4, 0.5) is 0 Å². The Morgan fingerprint density at radius 1 is 1.36 bits per heavy atom. The normalized spacial score (nSPS) is 25.9. The van der Waals surface area contributed by atoms with E-state index in [4.69, 9.17) is 5.73 Å². The molecule has 3 heteroatoms. The van der Waals surface area contributed by atoms with Gasteiger partial charge in [-0.3, -0.25) is 0 Å². The van der Waals surface area contributed by atoms with E-state index in [0.717, 1.165) is 24.0 Å². The van der Waals surface area contributed by atoms with Gasteiger partial charge in [-0.1, -0.05) is 13.0 Å². The maximum atomic E-state index is 9.64. The van der Waals surface area contributed by atoms with E-state index >= 15 is 0 Å². The van der Waals surface area contributed by atoms with E-state index in [9.17, 15) is 10.2 Å². The first-order valence-electron chi connectivity index (χ1n) is 4.90. The summed E-state index contributed by atoms with van der Waals surface area (Å²) in [6, 6.07) is 3.29. The Balaban J connectivity index is 2.53. The molecule has 14 heavy (non-hydrogen) atoms. The molecular weight excluding hydrogens is 178 g/mol. The van der Waals surface area contributed by atoms with Crippen molar-refractivity contribution in [2.75, 3.05) is 0 Å². The molecule has 0 spiro atoms. The minimum atomic E-state index is -0.0505. The zero-order chi connectivity index (χ0) is 10.3. The van der Waals surface area contributed by atoms with Crippen molar-refractivity contribution in [3.8, 4) is 11.5 Å². The minimum absolute atomic E-state index is 0.00449. The van der Waals surface area contributed by atoms with Crippen LogP contribution >= 0.6 is 0 Å². The average molecular weight is 193 g/mol. The molecule has 3 nitrogen and oxygen atoms in total. The van der Waals surface area contributed by atoms with Crippen molar-refractivity contribution in [1.29, 1.82) is 0 Å². The van der Waals surface area contributed by atoms with Crippen molar-refractivity contribution in [2.45, 2.75) is 25.8 Å². The predicted octanol–water partition coefficient (Wildman–Crippen LogP) is 1.68. The number of phenols is 2. The summed E-state index contributed by atoms with van der Waals surface area (Å²) in [5, 5.41) is 19.0. The van der Waals surface area contributed by atoms with Crippen LogP contribution in [0.15, 0.2) is 12.1 Å². The van der Waals surface area contributed by atoms with Crippen LogP contribution in [-0.4, -0.2) is 10.2 Å². The van der Waals surface area contributed by atoms with E-state index in [1.165, 1.54) is 6.07 Å². The van der Waals surface area contributed by atoms with Gasteiger partial charge in [0.1, 0.15) is 0 Å². The Labute approximate surface area is 83.2 Å². The fourth-order valence-corrected chi connectivity index (χ4v) is 2.07. The van der Waals surface area contributed by atoms with Crippen molar-refractivity contribution in [3.63, 3.8) is 0 Å². The lowest BCUT2D eigenvalue weighted by Gasteiger charge is -2.28. The van der Waals surface area contributed by atoms with Crippen molar-refractivity contribution >= 4 is 0 Å². The van der Waals surface area contributed by atoms with Gasteiger partial charge in [-0.15, -0.1) is 0 Å². The highest BCUT2D eigenvalue weighted by atomic mass is 16.3. The Bertz CT molecular complexity index is 363. The third-order valence-corrected chi connectivity index (χ3v) is 3.12. The lowest BCUT2D eigenvalue weighted by molar-refractivity contribution is 0.373.